The van der Waals surface area contributed by atoms with Gasteiger partial charge < -0.3 is 19.5 Å². The lowest BCUT2D eigenvalue weighted by molar-refractivity contribution is -0.152. The third-order valence-electron chi connectivity index (χ3n) is 2.65. The van der Waals surface area contributed by atoms with Crippen LogP contribution < -0.4 is 5.32 Å². The Hall–Kier alpha value is -1.30. The monoisotopic (exact) mass is 273 g/mol. The maximum absolute atomic E-state index is 11.8. The second-order valence-electron chi connectivity index (χ2n) is 5.47. The molecule has 6 nitrogen and oxygen atoms in total. The van der Waals surface area contributed by atoms with Crippen molar-refractivity contribution in [2.75, 3.05) is 19.8 Å². The maximum atomic E-state index is 11.8. The fraction of sp³-hybridized carbons (Fsp3) is 0.846. The molecule has 1 fully saturated rings. The Kier molecular flexibility index (Phi) is 5.60. The van der Waals surface area contributed by atoms with Crippen molar-refractivity contribution in [1.82, 2.24) is 5.32 Å². The van der Waals surface area contributed by atoms with Crippen molar-refractivity contribution in [3.63, 3.8) is 0 Å². The van der Waals surface area contributed by atoms with Crippen LogP contribution in [0.5, 0.6) is 0 Å². The zero-order valence-electron chi connectivity index (χ0n) is 12.0. The van der Waals surface area contributed by atoms with Gasteiger partial charge >= 0.3 is 12.1 Å². The highest BCUT2D eigenvalue weighted by atomic mass is 16.6. The first kappa shape index (κ1) is 15.8. The molecule has 0 aromatic heterocycles. The Labute approximate surface area is 113 Å². The smallest absolute Gasteiger partial charge is 0.407 e. The van der Waals surface area contributed by atoms with Gasteiger partial charge in [0, 0.05) is 6.61 Å². The summed E-state index contributed by atoms with van der Waals surface area (Å²) < 4.78 is 15.5. The molecule has 1 aliphatic heterocycles. The van der Waals surface area contributed by atoms with Gasteiger partial charge in [-0.05, 0) is 34.1 Å². The largest absolute Gasteiger partial charge is 0.466 e. The van der Waals surface area contributed by atoms with Gasteiger partial charge in [0.25, 0.3) is 0 Å². The second kappa shape index (κ2) is 6.75. The molecule has 6 heteroatoms. The molecule has 1 heterocycles. The normalized spacial score (nSPS) is 23.6. The lowest BCUT2D eigenvalue weighted by Crippen LogP contribution is -2.50. The summed E-state index contributed by atoms with van der Waals surface area (Å²) in [6.07, 6.45) is -0.00320. The van der Waals surface area contributed by atoms with E-state index in [-0.39, 0.29) is 11.9 Å². The van der Waals surface area contributed by atoms with Crippen molar-refractivity contribution >= 4 is 12.1 Å². The minimum atomic E-state index is -0.570. The lowest BCUT2D eigenvalue weighted by Gasteiger charge is -2.31. The van der Waals surface area contributed by atoms with Gasteiger partial charge in [0.1, 0.15) is 5.60 Å². The molecule has 0 saturated carbocycles. The number of ether oxygens (including phenoxy) is 3. The molecule has 110 valence electrons. The van der Waals surface area contributed by atoms with Gasteiger partial charge in [0.2, 0.25) is 0 Å². The minimum absolute atomic E-state index is 0.294. The lowest BCUT2D eigenvalue weighted by atomic mass is 9.95. The van der Waals surface area contributed by atoms with Crippen molar-refractivity contribution in [2.45, 2.75) is 45.8 Å². The maximum Gasteiger partial charge on any atom is 0.407 e. The Balaban J connectivity index is 2.57. The topological polar surface area (TPSA) is 73.9 Å². The third-order valence-corrected chi connectivity index (χ3v) is 2.65. The van der Waals surface area contributed by atoms with Crippen LogP contribution in [-0.2, 0) is 19.0 Å². The summed E-state index contributed by atoms with van der Waals surface area (Å²) in [6, 6.07) is -0.400. The van der Waals surface area contributed by atoms with E-state index in [1.54, 1.807) is 27.7 Å². The van der Waals surface area contributed by atoms with Crippen LogP contribution in [0.2, 0.25) is 0 Å². The molecule has 1 N–H and O–H groups in total. The standard InChI is InChI=1S/C13H23NO5/c1-5-18-11(15)9-6-7-17-8-10(9)14-12(16)19-13(2,3)4/h9-10H,5-8H2,1-4H3,(H,14,16)/t9-,10+/m1/s1. The molecular weight excluding hydrogens is 250 g/mol. The molecule has 0 bridgehead atoms. The number of carbonyl (C=O) groups is 2. The molecule has 0 radical (unpaired) electrons. The minimum Gasteiger partial charge on any atom is -0.466 e. The predicted molar refractivity (Wildman–Crippen MR) is 68.7 cm³/mol. The van der Waals surface area contributed by atoms with Crippen molar-refractivity contribution in [1.29, 1.82) is 0 Å². The second-order valence-corrected chi connectivity index (χ2v) is 5.47. The van der Waals surface area contributed by atoms with E-state index in [0.717, 1.165) is 0 Å². The Morgan fingerprint density at radius 1 is 1.37 bits per heavy atom. The van der Waals surface area contributed by atoms with Gasteiger partial charge in [-0.25, -0.2) is 4.79 Å². The van der Waals surface area contributed by atoms with Gasteiger partial charge in [-0.3, -0.25) is 4.79 Å². The average Bonchev–Trinajstić information content (AvgIpc) is 2.27. The number of amides is 1. The molecule has 1 saturated heterocycles. The van der Waals surface area contributed by atoms with E-state index in [2.05, 4.69) is 5.32 Å². The van der Waals surface area contributed by atoms with Crippen LogP contribution in [0.25, 0.3) is 0 Å². The SMILES string of the molecule is CCOC(=O)[C@@H]1CCOC[C@@H]1NC(=O)OC(C)(C)C. The number of hydrogen-bond acceptors (Lipinski definition) is 5. The molecule has 0 aliphatic carbocycles. The molecule has 19 heavy (non-hydrogen) atoms. The van der Waals surface area contributed by atoms with Crippen LogP contribution >= 0.6 is 0 Å². The van der Waals surface area contributed by atoms with Crippen molar-refractivity contribution in [3.05, 3.63) is 0 Å². The van der Waals surface area contributed by atoms with Crippen LogP contribution in [-0.4, -0.2) is 43.5 Å². The quantitative estimate of drug-likeness (QED) is 0.788. The van der Waals surface area contributed by atoms with Crippen LogP contribution in [0.15, 0.2) is 0 Å². The molecule has 0 aromatic rings. The first-order valence-corrected chi connectivity index (χ1v) is 6.57. The zero-order valence-corrected chi connectivity index (χ0v) is 12.0. The summed E-state index contributed by atoms with van der Waals surface area (Å²) in [5, 5.41) is 2.68. The van der Waals surface area contributed by atoms with Gasteiger partial charge in [-0.2, -0.15) is 0 Å². The third kappa shape index (κ3) is 5.46. The Bertz CT molecular complexity index is 323. The summed E-state index contributed by atoms with van der Waals surface area (Å²) in [5.74, 6) is -0.673. The summed E-state index contributed by atoms with van der Waals surface area (Å²) in [5.41, 5.74) is -0.570. The van der Waals surface area contributed by atoms with Gasteiger partial charge in [-0.1, -0.05) is 0 Å². The van der Waals surface area contributed by atoms with Gasteiger partial charge in [0.15, 0.2) is 0 Å². The molecule has 1 amide bonds. The number of nitrogens with one attached hydrogen (secondary N) is 1. The fourth-order valence-electron chi connectivity index (χ4n) is 1.87. The first-order chi connectivity index (χ1) is 8.83. The van der Waals surface area contributed by atoms with E-state index in [9.17, 15) is 9.59 Å². The number of esters is 1. The van der Waals surface area contributed by atoms with E-state index >= 15 is 0 Å². The summed E-state index contributed by atoms with van der Waals surface area (Å²) >= 11 is 0. The van der Waals surface area contributed by atoms with Crippen LogP contribution in [0, 0.1) is 5.92 Å². The highest BCUT2D eigenvalue weighted by Crippen LogP contribution is 2.18. The van der Waals surface area contributed by atoms with E-state index in [0.29, 0.717) is 26.2 Å². The molecule has 0 spiro atoms. The molecule has 1 aliphatic rings. The first-order valence-electron chi connectivity index (χ1n) is 6.57. The number of rotatable bonds is 3. The predicted octanol–water partition coefficient (Wildman–Crippen LogP) is 1.48. The fourth-order valence-corrected chi connectivity index (χ4v) is 1.87. The van der Waals surface area contributed by atoms with Crippen LogP contribution in [0.3, 0.4) is 0 Å². The van der Waals surface area contributed by atoms with Crippen molar-refractivity contribution < 1.29 is 23.8 Å². The van der Waals surface area contributed by atoms with Gasteiger partial charge in [0.05, 0.1) is 25.2 Å². The van der Waals surface area contributed by atoms with E-state index < -0.39 is 17.7 Å². The number of alkyl carbamates (subject to hydrolysis) is 1. The zero-order chi connectivity index (χ0) is 14.5. The van der Waals surface area contributed by atoms with Crippen molar-refractivity contribution in [2.24, 2.45) is 5.92 Å². The number of carbonyl (C=O) groups excluding carboxylic acids is 2. The highest BCUT2D eigenvalue weighted by molar-refractivity contribution is 5.75. The van der Waals surface area contributed by atoms with Crippen LogP contribution in [0.4, 0.5) is 4.79 Å². The highest BCUT2D eigenvalue weighted by Gasteiger charge is 2.34. The Morgan fingerprint density at radius 3 is 2.63 bits per heavy atom. The number of hydrogen-bond donors (Lipinski definition) is 1. The summed E-state index contributed by atoms with van der Waals surface area (Å²) in [4.78, 5) is 23.5. The van der Waals surface area contributed by atoms with Gasteiger partial charge in [-0.15, -0.1) is 0 Å². The van der Waals surface area contributed by atoms with E-state index in [1.807, 2.05) is 0 Å². The van der Waals surface area contributed by atoms with Crippen molar-refractivity contribution in [3.8, 4) is 0 Å². The summed E-state index contributed by atoms with van der Waals surface area (Å²) in [7, 11) is 0. The van der Waals surface area contributed by atoms with E-state index in [4.69, 9.17) is 14.2 Å². The molecule has 0 aromatic carbocycles. The average molecular weight is 273 g/mol. The molecule has 1 rings (SSSR count). The van der Waals surface area contributed by atoms with Crippen LogP contribution in [0.1, 0.15) is 34.1 Å². The molecular formula is C13H23NO5. The Morgan fingerprint density at radius 2 is 2.05 bits per heavy atom. The summed E-state index contributed by atoms with van der Waals surface area (Å²) in [6.45, 7) is 8.23. The molecule has 2 atom stereocenters. The molecule has 0 unspecified atom stereocenters. The van der Waals surface area contributed by atoms with E-state index in [1.165, 1.54) is 0 Å².